The molecule has 0 N–H and O–H groups in total. The third-order valence-corrected chi connectivity index (χ3v) is 10.1. The lowest BCUT2D eigenvalue weighted by Gasteiger charge is -2.42. The minimum atomic E-state index is 0.428. The van der Waals surface area contributed by atoms with Crippen molar-refractivity contribution in [2.24, 2.45) is 21.7 Å². The summed E-state index contributed by atoms with van der Waals surface area (Å²) in [5.74, 6) is 0. The molecule has 0 saturated heterocycles. The first kappa shape index (κ1) is 35.2. The van der Waals surface area contributed by atoms with Crippen molar-refractivity contribution in [2.75, 3.05) is 0 Å². The monoisotopic (exact) mass is 501 g/mol. The van der Waals surface area contributed by atoms with Crippen molar-refractivity contribution in [1.82, 2.24) is 0 Å². The van der Waals surface area contributed by atoms with E-state index in [1.54, 1.807) is 0 Å². The maximum Gasteiger partial charge on any atom is -0.0303 e. The van der Waals surface area contributed by atoms with E-state index in [9.17, 15) is 0 Å². The highest BCUT2D eigenvalue weighted by molar-refractivity contribution is 4.89. The minimum absolute atomic E-state index is 0.428. The molecule has 0 radical (unpaired) electrons. The maximum absolute atomic E-state index is 3.82. The quantitative estimate of drug-likeness (QED) is 0.184. The molecule has 0 unspecified atom stereocenters. The predicted molar refractivity (Wildman–Crippen MR) is 168 cm³/mol. The van der Waals surface area contributed by atoms with Crippen LogP contribution in [0.4, 0.5) is 0 Å². The van der Waals surface area contributed by atoms with Gasteiger partial charge in [-0.15, -0.1) is 13.2 Å². The van der Waals surface area contributed by atoms with E-state index in [0.717, 1.165) is 6.42 Å². The van der Waals surface area contributed by atoms with Gasteiger partial charge in [0, 0.05) is 0 Å². The fourth-order valence-electron chi connectivity index (χ4n) is 5.33. The largest absolute Gasteiger partial charge is 0.103 e. The first-order valence-electron chi connectivity index (χ1n) is 15.7. The van der Waals surface area contributed by atoms with E-state index < -0.39 is 0 Å². The molecule has 0 saturated carbocycles. The second-order valence-corrected chi connectivity index (χ2v) is 14.3. The molecule has 0 atom stereocenters. The zero-order valence-corrected chi connectivity index (χ0v) is 26.5. The van der Waals surface area contributed by atoms with Crippen LogP contribution < -0.4 is 0 Å². The topological polar surface area (TPSA) is 0 Å². The molecule has 0 nitrogen and oxygen atoms in total. The number of allylic oxidation sites excluding steroid dienone is 4. The molecule has 0 bridgehead atoms. The van der Waals surface area contributed by atoms with Gasteiger partial charge < -0.3 is 0 Å². The molecule has 1 aliphatic carbocycles. The van der Waals surface area contributed by atoms with Gasteiger partial charge in [-0.3, -0.25) is 0 Å². The van der Waals surface area contributed by atoms with Crippen LogP contribution >= 0.6 is 0 Å². The third-order valence-electron chi connectivity index (χ3n) is 10.1. The Morgan fingerprint density at radius 3 is 1.61 bits per heavy atom. The van der Waals surface area contributed by atoms with Gasteiger partial charge in [0.2, 0.25) is 0 Å². The number of rotatable bonds is 12. The molecule has 1 aliphatic rings. The van der Waals surface area contributed by atoms with Crippen LogP contribution in [0.2, 0.25) is 0 Å². The lowest BCUT2D eigenvalue weighted by Crippen LogP contribution is -2.32. The van der Waals surface area contributed by atoms with Crippen LogP contribution in [-0.2, 0) is 0 Å². The van der Waals surface area contributed by atoms with Crippen LogP contribution in [0.15, 0.2) is 37.5 Å². The number of unbranched alkanes of at least 4 members (excludes halogenated alkanes) is 5. The molecule has 0 fully saturated rings. The Bertz CT molecular complexity index is 583. The summed E-state index contributed by atoms with van der Waals surface area (Å²) in [6.45, 7) is 27.3. The maximum atomic E-state index is 3.82. The summed E-state index contributed by atoms with van der Waals surface area (Å²) in [6, 6.07) is 0. The van der Waals surface area contributed by atoms with Crippen LogP contribution in [0.25, 0.3) is 0 Å². The molecule has 212 valence electrons. The molecule has 0 spiro atoms. The second-order valence-electron chi connectivity index (χ2n) is 14.3. The zero-order chi connectivity index (χ0) is 27.6. The van der Waals surface area contributed by atoms with Gasteiger partial charge in [0.1, 0.15) is 0 Å². The Morgan fingerprint density at radius 1 is 0.583 bits per heavy atom. The summed E-state index contributed by atoms with van der Waals surface area (Å²) >= 11 is 0. The van der Waals surface area contributed by atoms with Crippen molar-refractivity contribution < 1.29 is 0 Å². The lowest BCUT2D eigenvalue weighted by molar-refractivity contribution is 0.0826. The molecule has 0 aromatic rings. The molecule has 36 heavy (non-hydrogen) atoms. The van der Waals surface area contributed by atoms with Gasteiger partial charge in [0.05, 0.1) is 0 Å². The molecule has 0 amide bonds. The van der Waals surface area contributed by atoms with E-state index in [0.29, 0.717) is 21.7 Å². The van der Waals surface area contributed by atoms with Crippen molar-refractivity contribution in [3.63, 3.8) is 0 Å². The van der Waals surface area contributed by atoms with Gasteiger partial charge >= 0.3 is 0 Å². The van der Waals surface area contributed by atoms with Crippen LogP contribution in [-0.4, -0.2) is 0 Å². The Kier molecular flexibility index (Phi) is 18.1. The van der Waals surface area contributed by atoms with E-state index in [4.69, 9.17) is 0 Å². The zero-order valence-electron chi connectivity index (χ0n) is 26.5. The molecule has 0 heteroatoms. The molecule has 0 aromatic heterocycles. The lowest BCUT2D eigenvalue weighted by atomic mass is 9.63. The van der Waals surface area contributed by atoms with Gasteiger partial charge in [-0.1, -0.05) is 118 Å². The highest BCUT2D eigenvalue weighted by Gasteiger charge is 2.36. The Balaban J connectivity index is 0.000000684. The fourth-order valence-corrected chi connectivity index (χ4v) is 5.33. The number of hydrogen-bond acceptors (Lipinski definition) is 0. The molecule has 0 aromatic carbocycles. The molecule has 0 aliphatic heterocycles. The van der Waals surface area contributed by atoms with Gasteiger partial charge in [-0.2, -0.15) is 0 Å². The standard InChI is InChI=1S/C19H36.C17H32/c1-7-9-11-12-13-15-17-19(5,6)18(3,4)16-14-10-8-2;1-16(2)14-12-10-8-6-5-7-9-11-13-15-17(16,3)4/h7-8H,1-2,9-17H2,3-6H3;6,8H,5,7,9-15H2,1-4H3. The van der Waals surface area contributed by atoms with E-state index in [-0.39, 0.29) is 0 Å². The molecule has 0 heterocycles. The Hall–Kier alpha value is -0.780. The van der Waals surface area contributed by atoms with Crippen LogP contribution in [0.5, 0.6) is 0 Å². The highest BCUT2D eigenvalue weighted by Crippen LogP contribution is 2.47. The van der Waals surface area contributed by atoms with Gasteiger partial charge in [-0.25, -0.2) is 0 Å². The van der Waals surface area contributed by atoms with Crippen LogP contribution in [0.1, 0.15) is 171 Å². The first-order chi connectivity index (χ1) is 16.8. The first-order valence-corrected chi connectivity index (χ1v) is 15.7. The summed E-state index contributed by atoms with van der Waals surface area (Å²) in [5.41, 5.74) is 1.84. The van der Waals surface area contributed by atoms with Crippen molar-refractivity contribution in [3.8, 4) is 0 Å². The minimum Gasteiger partial charge on any atom is -0.103 e. The van der Waals surface area contributed by atoms with Crippen LogP contribution in [0.3, 0.4) is 0 Å². The third kappa shape index (κ3) is 14.8. The van der Waals surface area contributed by atoms with E-state index in [2.05, 4.69) is 80.7 Å². The van der Waals surface area contributed by atoms with Gasteiger partial charge in [0.25, 0.3) is 0 Å². The summed E-state index contributed by atoms with van der Waals surface area (Å²) in [6.07, 6.45) is 32.9. The molecular weight excluding hydrogens is 432 g/mol. The fraction of sp³-hybridized carbons (Fsp3) is 0.833. The highest BCUT2D eigenvalue weighted by atomic mass is 14.4. The molecule has 1 rings (SSSR count). The Labute approximate surface area is 229 Å². The second kappa shape index (κ2) is 18.5. The summed E-state index contributed by atoms with van der Waals surface area (Å²) in [4.78, 5) is 0. The van der Waals surface area contributed by atoms with Crippen molar-refractivity contribution in [2.45, 2.75) is 171 Å². The summed E-state index contributed by atoms with van der Waals surface area (Å²) in [7, 11) is 0. The van der Waals surface area contributed by atoms with Crippen molar-refractivity contribution in [3.05, 3.63) is 37.5 Å². The average molecular weight is 501 g/mol. The van der Waals surface area contributed by atoms with Gasteiger partial charge in [0.15, 0.2) is 0 Å². The van der Waals surface area contributed by atoms with Crippen molar-refractivity contribution >= 4 is 0 Å². The Morgan fingerprint density at radius 2 is 1.03 bits per heavy atom. The van der Waals surface area contributed by atoms with E-state index in [1.807, 2.05) is 12.2 Å². The van der Waals surface area contributed by atoms with E-state index >= 15 is 0 Å². The average Bonchev–Trinajstić information content (AvgIpc) is 2.80. The summed E-state index contributed by atoms with van der Waals surface area (Å²) in [5, 5.41) is 0. The molecular formula is C36H68. The SMILES string of the molecule is C=CCCCCCCC(C)(C)C(C)(C)CCCC=C.CC1(C)CCCC=CCCCCCCC1(C)C. The van der Waals surface area contributed by atoms with Crippen molar-refractivity contribution in [1.29, 1.82) is 0 Å². The smallest absolute Gasteiger partial charge is 0.0303 e. The normalized spacial score (nSPS) is 19.1. The number of hydrogen-bond donors (Lipinski definition) is 0. The van der Waals surface area contributed by atoms with Gasteiger partial charge in [-0.05, 0) is 98.7 Å². The summed E-state index contributed by atoms with van der Waals surface area (Å²) < 4.78 is 0. The van der Waals surface area contributed by atoms with E-state index in [1.165, 1.54) is 109 Å². The van der Waals surface area contributed by atoms with Crippen LogP contribution in [0, 0.1) is 21.7 Å². The predicted octanol–water partition coefficient (Wildman–Crippen LogP) is 13.0.